The Hall–Kier alpha value is -1.89. The molecule has 31 heavy (non-hydrogen) atoms. The number of ether oxygens (including phenoxy) is 1. The van der Waals surface area contributed by atoms with Gasteiger partial charge in [0.25, 0.3) is 0 Å². The van der Waals surface area contributed by atoms with Crippen molar-refractivity contribution >= 4 is 17.8 Å². The van der Waals surface area contributed by atoms with Crippen molar-refractivity contribution in [3.63, 3.8) is 0 Å². The number of aliphatic hydroxyl groups is 1. The summed E-state index contributed by atoms with van der Waals surface area (Å²) in [4.78, 5) is 41.5. The molecule has 0 unspecified atom stereocenters. The van der Waals surface area contributed by atoms with E-state index >= 15 is 0 Å². The first-order valence-corrected chi connectivity index (χ1v) is 12.0. The summed E-state index contributed by atoms with van der Waals surface area (Å²) in [7, 11) is 0. The molecule has 7 heteroatoms. The van der Waals surface area contributed by atoms with Gasteiger partial charge in [-0.15, -0.1) is 0 Å². The zero-order valence-electron chi connectivity index (χ0n) is 19.1. The summed E-state index contributed by atoms with van der Waals surface area (Å²) in [6.07, 6.45) is 10.9. The van der Waals surface area contributed by atoms with Crippen LogP contribution < -0.4 is 5.32 Å². The molecule has 1 aliphatic heterocycles. The van der Waals surface area contributed by atoms with Gasteiger partial charge in [0.1, 0.15) is 6.04 Å². The fourth-order valence-electron chi connectivity index (χ4n) is 5.71. The molecular formula is C24H38N2O5. The van der Waals surface area contributed by atoms with Crippen molar-refractivity contribution in [3.05, 3.63) is 12.2 Å². The quantitative estimate of drug-likeness (QED) is 0.452. The summed E-state index contributed by atoms with van der Waals surface area (Å²) in [6.45, 7) is 5.60. The van der Waals surface area contributed by atoms with Crippen molar-refractivity contribution in [1.82, 2.24) is 10.2 Å². The highest BCUT2D eigenvalue weighted by Gasteiger charge is 2.58. The highest BCUT2D eigenvalue weighted by atomic mass is 16.5. The Labute approximate surface area is 185 Å². The summed E-state index contributed by atoms with van der Waals surface area (Å²) < 4.78 is 5.36. The van der Waals surface area contributed by atoms with E-state index in [0.717, 1.165) is 38.5 Å². The second kappa shape index (κ2) is 10.6. The average molecular weight is 435 g/mol. The molecule has 0 aromatic heterocycles. The number of likely N-dealkylation sites (tertiary alicyclic amines) is 1. The zero-order valence-corrected chi connectivity index (χ0v) is 19.1. The number of amides is 2. The summed E-state index contributed by atoms with van der Waals surface area (Å²) in [6, 6.07) is -1.08. The molecule has 6 atom stereocenters. The van der Waals surface area contributed by atoms with Crippen molar-refractivity contribution in [2.75, 3.05) is 13.2 Å². The maximum absolute atomic E-state index is 13.6. The Morgan fingerprint density at radius 3 is 2.55 bits per heavy atom. The van der Waals surface area contributed by atoms with Gasteiger partial charge in [-0.1, -0.05) is 44.8 Å². The number of fused-ring (bicyclic) bond motifs is 1. The van der Waals surface area contributed by atoms with Crippen LogP contribution in [0.3, 0.4) is 0 Å². The van der Waals surface area contributed by atoms with Crippen LogP contribution in [0.1, 0.15) is 65.7 Å². The zero-order chi connectivity index (χ0) is 22.5. The number of hydrogen-bond acceptors (Lipinski definition) is 5. The summed E-state index contributed by atoms with van der Waals surface area (Å²) in [5.41, 5.74) is 0. The van der Waals surface area contributed by atoms with E-state index in [1.165, 1.54) is 11.3 Å². The predicted octanol–water partition coefficient (Wildman–Crippen LogP) is 2.42. The topological polar surface area (TPSA) is 95.9 Å². The molecule has 1 heterocycles. The fourth-order valence-corrected chi connectivity index (χ4v) is 5.71. The van der Waals surface area contributed by atoms with Gasteiger partial charge in [0.2, 0.25) is 11.8 Å². The van der Waals surface area contributed by atoms with E-state index in [2.05, 4.69) is 12.2 Å². The van der Waals surface area contributed by atoms with E-state index in [4.69, 9.17) is 4.74 Å². The predicted molar refractivity (Wildman–Crippen MR) is 117 cm³/mol. The molecule has 3 aliphatic rings. The monoisotopic (exact) mass is 434 g/mol. The SMILES string of the molecule is CCC[C@@H]1C=C[C@H]2[C@H](C(=O)N([C@H](C)CO)[C@@H]2C(=O)NC2CCCCC2)[C@@H]1C(=O)OCC. The molecule has 1 saturated carbocycles. The van der Waals surface area contributed by atoms with Crippen LogP contribution >= 0.6 is 0 Å². The van der Waals surface area contributed by atoms with E-state index < -0.39 is 29.8 Å². The number of carbonyl (C=O) groups excluding carboxylic acids is 3. The van der Waals surface area contributed by atoms with Crippen LogP contribution in [0.2, 0.25) is 0 Å². The number of esters is 1. The third-order valence-corrected chi connectivity index (χ3v) is 7.19. The molecule has 2 aliphatic carbocycles. The van der Waals surface area contributed by atoms with Crippen molar-refractivity contribution in [2.45, 2.75) is 83.8 Å². The molecule has 2 amide bonds. The molecule has 2 N–H and O–H groups in total. The molecule has 7 nitrogen and oxygen atoms in total. The second-order valence-corrected chi connectivity index (χ2v) is 9.28. The van der Waals surface area contributed by atoms with Gasteiger partial charge >= 0.3 is 5.97 Å². The molecule has 0 aromatic carbocycles. The number of allylic oxidation sites excluding steroid dienone is 1. The lowest BCUT2D eigenvalue weighted by Crippen LogP contribution is -2.53. The number of nitrogens with zero attached hydrogens (tertiary/aromatic N) is 1. The third kappa shape index (κ3) is 4.81. The molecule has 3 rings (SSSR count). The minimum atomic E-state index is -0.711. The smallest absolute Gasteiger partial charge is 0.310 e. The maximum Gasteiger partial charge on any atom is 0.310 e. The first kappa shape index (κ1) is 23.8. The minimum Gasteiger partial charge on any atom is -0.466 e. The molecule has 2 fully saturated rings. The van der Waals surface area contributed by atoms with Gasteiger partial charge in [-0.3, -0.25) is 14.4 Å². The Kier molecular flexibility index (Phi) is 8.14. The van der Waals surface area contributed by atoms with E-state index in [1.807, 2.05) is 12.2 Å². The van der Waals surface area contributed by atoms with Crippen LogP contribution in [0, 0.1) is 23.7 Å². The molecule has 0 spiro atoms. The largest absolute Gasteiger partial charge is 0.466 e. The van der Waals surface area contributed by atoms with Crippen LogP contribution in [0.5, 0.6) is 0 Å². The van der Waals surface area contributed by atoms with Crippen LogP contribution in [0.4, 0.5) is 0 Å². The average Bonchev–Trinajstić information content (AvgIpc) is 3.06. The molecule has 1 saturated heterocycles. The minimum absolute atomic E-state index is 0.0827. The van der Waals surface area contributed by atoms with Gasteiger partial charge in [-0.05, 0) is 39.0 Å². The van der Waals surface area contributed by atoms with Gasteiger partial charge in [0.15, 0.2) is 0 Å². The number of nitrogens with one attached hydrogen (secondary N) is 1. The number of rotatable bonds is 8. The lowest BCUT2D eigenvalue weighted by molar-refractivity contribution is -0.156. The number of aliphatic hydroxyl groups excluding tert-OH is 1. The first-order chi connectivity index (χ1) is 14.9. The van der Waals surface area contributed by atoms with E-state index in [-0.39, 0.29) is 43.0 Å². The van der Waals surface area contributed by atoms with Gasteiger partial charge in [-0.25, -0.2) is 0 Å². The lowest BCUT2D eigenvalue weighted by atomic mass is 9.68. The highest BCUT2D eigenvalue weighted by Crippen LogP contribution is 2.46. The first-order valence-electron chi connectivity index (χ1n) is 12.0. The van der Waals surface area contributed by atoms with Gasteiger partial charge in [0, 0.05) is 12.0 Å². The third-order valence-electron chi connectivity index (χ3n) is 7.19. The lowest BCUT2D eigenvalue weighted by Gasteiger charge is -2.34. The standard InChI is InChI=1S/C24H38N2O5/c1-4-9-16-12-13-18-20(19(16)24(30)31-5-2)23(29)26(15(3)14-27)21(18)22(28)25-17-10-7-6-8-11-17/h12-13,15-21,27H,4-11,14H2,1-3H3,(H,25,28)/t15-,16-,18+,19-,20+,21+/m1/s1. The molecule has 0 bridgehead atoms. The molecular weight excluding hydrogens is 396 g/mol. The van der Waals surface area contributed by atoms with Crippen molar-refractivity contribution < 1.29 is 24.2 Å². The normalized spacial score (nSPS) is 31.9. The van der Waals surface area contributed by atoms with E-state index in [0.29, 0.717) is 0 Å². The Morgan fingerprint density at radius 2 is 1.94 bits per heavy atom. The van der Waals surface area contributed by atoms with E-state index in [9.17, 15) is 19.5 Å². The summed E-state index contributed by atoms with van der Waals surface area (Å²) >= 11 is 0. The molecule has 174 valence electrons. The van der Waals surface area contributed by atoms with E-state index in [1.54, 1.807) is 13.8 Å². The fraction of sp³-hybridized carbons (Fsp3) is 0.792. The number of hydrogen-bond donors (Lipinski definition) is 2. The summed E-state index contributed by atoms with van der Waals surface area (Å²) in [5.74, 6) is -2.46. The van der Waals surface area contributed by atoms with Crippen molar-refractivity contribution in [2.24, 2.45) is 23.7 Å². The van der Waals surface area contributed by atoms with Crippen LogP contribution in [0.15, 0.2) is 12.2 Å². The summed E-state index contributed by atoms with van der Waals surface area (Å²) in [5, 5.41) is 13.0. The van der Waals surface area contributed by atoms with Gasteiger partial charge in [0.05, 0.1) is 31.1 Å². The molecule has 0 radical (unpaired) electrons. The van der Waals surface area contributed by atoms with Gasteiger partial charge in [-0.2, -0.15) is 0 Å². The second-order valence-electron chi connectivity index (χ2n) is 9.28. The van der Waals surface area contributed by atoms with Crippen LogP contribution in [-0.2, 0) is 19.1 Å². The molecule has 0 aromatic rings. The Balaban J connectivity index is 1.94. The Bertz CT molecular complexity index is 687. The number of carbonyl (C=O) groups is 3. The maximum atomic E-state index is 13.6. The van der Waals surface area contributed by atoms with Crippen LogP contribution in [0.25, 0.3) is 0 Å². The van der Waals surface area contributed by atoms with Gasteiger partial charge < -0.3 is 20.1 Å². The van der Waals surface area contributed by atoms with Crippen molar-refractivity contribution in [3.8, 4) is 0 Å². The Morgan fingerprint density at radius 1 is 1.23 bits per heavy atom. The highest BCUT2D eigenvalue weighted by molar-refractivity contribution is 5.96. The van der Waals surface area contributed by atoms with Crippen molar-refractivity contribution in [1.29, 1.82) is 0 Å². The van der Waals surface area contributed by atoms with Crippen LogP contribution in [-0.4, -0.2) is 59.1 Å².